The molecule has 1 fully saturated rings. The molecular weight excluding hydrogens is 294 g/mol. The van der Waals surface area contributed by atoms with Gasteiger partial charge in [0.05, 0.1) is 30.5 Å². The molecule has 5 nitrogen and oxygen atoms in total. The number of ether oxygens (including phenoxy) is 1. The average Bonchev–Trinajstić information content (AvgIpc) is 3.18. The molecule has 2 unspecified atom stereocenters. The van der Waals surface area contributed by atoms with Crippen LogP contribution in [0.15, 0.2) is 41.0 Å². The highest BCUT2D eigenvalue weighted by Gasteiger charge is 2.52. The highest BCUT2D eigenvalue weighted by atomic mass is 16.5. The summed E-state index contributed by atoms with van der Waals surface area (Å²) in [6, 6.07) is 9.59. The lowest BCUT2D eigenvalue weighted by Crippen LogP contribution is -2.42. The average molecular weight is 313 g/mol. The van der Waals surface area contributed by atoms with Gasteiger partial charge in [0.15, 0.2) is 0 Å². The first-order chi connectivity index (χ1) is 11.1. The Kier molecular flexibility index (Phi) is 3.20. The van der Waals surface area contributed by atoms with Gasteiger partial charge in [-0.3, -0.25) is 4.79 Å². The number of para-hydroxylation sites is 1. The number of rotatable bonds is 2. The highest BCUT2D eigenvalue weighted by Crippen LogP contribution is 2.49. The Morgan fingerprint density at radius 3 is 2.96 bits per heavy atom. The van der Waals surface area contributed by atoms with Crippen molar-refractivity contribution in [2.75, 3.05) is 26.3 Å². The normalized spacial score (nSPS) is 25.7. The molecule has 4 rings (SSSR count). The number of fused-ring (bicyclic) bond motifs is 3. The van der Waals surface area contributed by atoms with Gasteiger partial charge in [0, 0.05) is 19.0 Å². The maximum Gasteiger partial charge on any atom is 0.257 e. The number of carbonyl (C=O) groups excluding carboxylic acids is 1. The van der Waals surface area contributed by atoms with Crippen LogP contribution >= 0.6 is 0 Å². The smallest absolute Gasteiger partial charge is 0.257 e. The lowest BCUT2D eigenvalue weighted by Gasteiger charge is -2.37. The molecule has 1 aromatic heterocycles. The fourth-order valence-electron chi connectivity index (χ4n) is 3.80. The molecule has 2 aromatic rings. The monoisotopic (exact) mass is 313 g/mol. The van der Waals surface area contributed by atoms with Crippen LogP contribution in [0.25, 0.3) is 0 Å². The molecule has 23 heavy (non-hydrogen) atoms. The Bertz CT molecular complexity index is 753. The number of hydrogen-bond acceptors (Lipinski definition) is 4. The second-order valence-corrected chi connectivity index (χ2v) is 6.48. The fraction of sp³-hybridized carbons (Fsp3) is 0.389. The lowest BCUT2D eigenvalue weighted by molar-refractivity contribution is 0.0440. The minimum absolute atomic E-state index is 0.000149. The van der Waals surface area contributed by atoms with Gasteiger partial charge in [0.25, 0.3) is 5.91 Å². The lowest BCUT2D eigenvalue weighted by atomic mass is 9.74. The quantitative estimate of drug-likeness (QED) is 0.923. The van der Waals surface area contributed by atoms with Gasteiger partial charge in [-0.05, 0) is 24.6 Å². The number of aryl methyl sites for hydroxylation is 1. The number of likely N-dealkylation sites (tertiary alicyclic amines) is 1. The van der Waals surface area contributed by atoms with Crippen molar-refractivity contribution in [2.45, 2.75) is 12.8 Å². The molecule has 1 amide bonds. The van der Waals surface area contributed by atoms with Crippen LogP contribution in [0.4, 0.5) is 0 Å². The van der Waals surface area contributed by atoms with Gasteiger partial charge in [-0.1, -0.05) is 18.2 Å². The molecule has 3 heterocycles. The summed E-state index contributed by atoms with van der Waals surface area (Å²) in [7, 11) is 0. The van der Waals surface area contributed by atoms with Crippen molar-refractivity contribution in [2.24, 2.45) is 5.41 Å². The number of carbonyl (C=O) groups is 1. The molecule has 0 aliphatic carbocycles. The summed E-state index contributed by atoms with van der Waals surface area (Å²) < 4.78 is 11.1. The largest absolute Gasteiger partial charge is 0.493 e. The molecular formula is C18H19NO4. The number of furan rings is 1. The van der Waals surface area contributed by atoms with E-state index in [4.69, 9.17) is 9.15 Å². The van der Waals surface area contributed by atoms with E-state index in [-0.39, 0.29) is 18.4 Å². The van der Waals surface area contributed by atoms with E-state index in [0.717, 1.165) is 11.3 Å². The molecule has 1 aromatic carbocycles. The molecule has 2 atom stereocenters. The van der Waals surface area contributed by atoms with Crippen LogP contribution in [0.5, 0.6) is 5.75 Å². The zero-order valence-electron chi connectivity index (χ0n) is 13.0. The van der Waals surface area contributed by atoms with Crippen LogP contribution in [0.3, 0.4) is 0 Å². The zero-order chi connectivity index (χ0) is 16.0. The first kappa shape index (κ1) is 14.3. The van der Waals surface area contributed by atoms with Gasteiger partial charge in [-0.2, -0.15) is 0 Å². The third-order valence-electron chi connectivity index (χ3n) is 5.15. The number of nitrogens with zero attached hydrogens (tertiary/aromatic N) is 1. The Balaban J connectivity index is 1.69. The van der Waals surface area contributed by atoms with E-state index >= 15 is 0 Å². The maximum atomic E-state index is 12.8. The summed E-state index contributed by atoms with van der Waals surface area (Å²) in [5.74, 6) is 1.53. The highest BCUT2D eigenvalue weighted by molar-refractivity contribution is 5.95. The molecule has 1 N–H and O–H groups in total. The number of aliphatic hydroxyl groups is 1. The molecule has 0 bridgehead atoms. The standard InChI is InChI=1S/C18H19NO4/c1-12-13(6-7-22-12)17(21)19-8-15-14-4-2-3-5-16(14)23-11-18(15,9-19)10-20/h2-7,15,20H,8-11H2,1H3. The van der Waals surface area contributed by atoms with Crippen molar-refractivity contribution < 1.29 is 19.1 Å². The van der Waals surface area contributed by atoms with Crippen LogP contribution in [0, 0.1) is 12.3 Å². The summed E-state index contributed by atoms with van der Waals surface area (Å²) in [5, 5.41) is 10.0. The summed E-state index contributed by atoms with van der Waals surface area (Å²) in [5.41, 5.74) is 1.24. The van der Waals surface area contributed by atoms with E-state index in [2.05, 4.69) is 0 Å². The molecule has 0 saturated carbocycles. The first-order valence-electron chi connectivity index (χ1n) is 7.80. The third kappa shape index (κ3) is 2.07. The third-order valence-corrected chi connectivity index (χ3v) is 5.15. The van der Waals surface area contributed by atoms with E-state index < -0.39 is 5.41 Å². The van der Waals surface area contributed by atoms with E-state index in [1.807, 2.05) is 29.2 Å². The molecule has 120 valence electrons. The van der Waals surface area contributed by atoms with E-state index in [9.17, 15) is 9.90 Å². The van der Waals surface area contributed by atoms with Gasteiger partial charge in [0.1, 0.15) is 11.5 Å². The van der Waals surface area contributed by atoms with Gasteiger partial charge in [0.2, 0.25) is 0 Å². The number of benzene rings is 1. The molecule has 0 spiro atoms. The fourth-order valence-corrected chi connectivity index (χ4v) is 3.80. The number of hydrogen-bond donors (Lipinski definition) is 1. The number of aliphatic hydroxyl groups excluding tert-OH is 1. The maximum absolute atomic E-state index is 12.8. The van der Waals surface area contributed by atoms with Crippen LogP contribution in [0.2, 0.25) is 0 Å². The minimum Gasteiger partial charge on any atom is -0.493 e. The van der Waals surface area contributed by atoms with Crippen LogP contribution in [-0.2, 0) is 0 Å². The topological polar surface area (TPSA) is 62.9 Å². The molecule has 1 saturated heterocycles. The van der Waals surface area contributed by atoms with Crippen LogP contribution in [0.1, 0.15) is 27.6 Å². The van der Waals surface area contributed by atoms with Crippen molar-refractivity contribution in [3.63, 3.8) is 0 Å². The van der Waals surface area contributed by atoms with Gasteiger partial charge in [-0.25, -0.2) is 0 Å². The van der Waals surface area contributed by atoms with Crippen LogP contribution < -0.4 is 4.74 Å². The first-order valence-corrected chi connectivity index (χ1v) is 7.80. The zero-order valence-corrected chi connectivity index (χ0v) is 13.0. The predicted molar refractivity (Wildman–Crippen MR) is 83.5 cm³/mol. The molecule has 5 heteroatoms. The summed E-state index contributed by atoms with van der Waals surface area (Å²) >= 11 is 0. The van der Waals surface area contributed by atoms with Gasteiger partial charge >= 0.3 is 0 Å². The Labute approximate surface area is 134 Å². The van der Waals surface area contributed by atoms with Crippen molar-refractivity contribution >= 4 is 5.91 Å². The molecule has 2 aliphatic heterocycles. The molecule has 2 aliphatic rings. The van der Waals surface area contributed by atoms with Crippen molar-refractivity contribution in [1.29, 1.82) is 0 Å². The van der Waals surface area contributed by atoms with Crippen molar-refractivity contribution in [3.8, 4) is 5.75 Å². The van der Waals surface area contributed by atoms with E-state index in [1.165, 1.54) is 6.26 Å². The Morgan fingerprint density at radius 1 is 1.39 bits per heavy atom. The Hall–Kier alpha value is -2.27. The van der Waals surface area contributed by atoms with Gasteiger partial charge in [-0.15, -0.1) is 0 Å². The SMILES string of the molecule is Cc1occc1C(=O)N1CC2c3ccccc3OCC2(CO)C1. The second kappa shape index (κ2) is 5.13. The predicted octanol–water partition coefficient (Wildman–Crippen LogP) is 2.20. The summed E-state index contributed by atoms with van der Waals surface area (Å²) in [4.78, 5) is 14.6. The van der Waals surface area contributed by atoms with E-state index in [1.54, 1.807) is 13.0 Å². The molecule has 0 radical (unpaired) electrons. The van der Waals surface area contributed by atoms with Crippen molar-refractivity contribution in [1.82, 2.24) is 4.90 Å². The van der Waals surface area contributed by atoms with E-state index in [0.29, 0.717) is 31.0 Å². The number of amides is 1. The minimum atomic E-state index is -0.429. The summed E-state index contributed by atoms with van der Waals surface area (Å²) in [6.07, 6.45) is 1.53. The second-order valence-electron chi connectivity index (χ2n) is 6.48. The van der Waals surface area contributed by atoms with Crippen molar-refractivity contribution in [3.05, 3.63) is 53.5 Å². The summed E-state index contributed by atoms with van der Waals surface area (Å²) in [6.45, 7) is 3.30. The van der Waals surface area contributed by atoms with Gasteiger partial charge < -0.3 is 19.2 Å². The van der Waals surface area contributed by atoms with Crippen LogP contribution in [-0.4, -0.2) is 42.2 Å². The Morgan fingerprint density at radius 2 is 2.22 bits per heavy atom.